The Morgan fingerprint density at radius 1 is 1.26 bits per heavy atom. The minimum absolute atomic E-state index is 0.0460. The number of esters is 1. The maximum atomic E-state index is 14.1. The molecule has 10 heteroatoms. The van der Waals surface area contributed by atoms with E-state index in [1.54, 1.807) is 6.92 Å². The van der Waals surface area contributed by atoms with Gasteiger partial charge in [0.2, 0.25) is 0 Å². The van der Waals surface area contributed by atoms with Gasteiger partial charge in [0, 0.05) is 24.4 Å². The highest BCUT2D eigenvalue weighted by molar-refractivity contribution is 6.03. The Kier molecular flexibility index (Phi) is 7.11. The molecule has 2 aromatic heterocycles. The summed E-state index contributed by atoms with van der Waals surface area (Å²) in [6, 6.07) is 3.15. The van der Waals surface area contributed by atoms with Gasteiger partial charge in [-0.3, -0.25) is 4.79 Å². The number of benzene rings is 1. The maximum Gasteiger partial charge on any atom is 0.346 e. The molecule has 164 valence electrons. The van der Waals surface area contributed by atoms with Crippen LogP contribution in [0.1, 0.15) is 42.6 Å². The van der Waals surface area contributed by atoms with Crippen molar-refractivity contribution in [3.63, 3.8) is 0 Å². The van der Waals surface area contributed by atoms with Gasteiger partial charge in [0.05, 0.1) is 17.7 Å². The van der Waals surface area contributed by atoms with E-state index in [2.05, 4.69) is 15.3 Å². The van der Waals surface area contributed by atoms with Crippen molar-refractivity contribution in [1.82, 2.24) is 14.7 Å². The van der Waals surface area contributed by atoms with E-state index in [0.29, 0.717) is 11.8 Å². The molecule has 0 amide bonds. The van der Waals surface area contributed by atoms with E-state index in [0.717, 1.165) is 23.3 Å². The summed E-state index contributed by atoms with van der Waals surface area (Å²) in [5, 5.41) is 3.20. The first-order valence-corrected chi connectivity index (χ1v) is 9.84. The van der Waals surface area contributed by atoms with Crippen LogP contribution < -0.4 is 15.7 Å². The third-order valence-electron chi connectivity index (χ3n) is 4.47. The molecule has 0 radical (unpaired) electrons. The third kappa shape index (κ3) is 4.79. The Morgan fingerprint density at radius 2 is 2.06 bits per heavy atom. The molecule has 1 aromatic carbocycles. The second kappa shape index (κ2) is 9.96. The average molecular weight is 432 g/mol. The fourth-order valence-corrected chi connectivity index (χ4v) is 2.95. The van der Waals surface area contributed by atoms with Crippen LogP contribution in [0.3, 0.4) is 0 Å². The number of hydrogen-bond acceptors (Lipinski definition) is 7. The number of carbonyl (C=O) groups is 1. The molecule has 0 aliphatic carbocycles. The van der Waals surface area contributed by atoms with Crippen molar-refractivity contribution in [2.45, 2.75) is 33.2 Å². The van der Waals surface area contributed by atoms with Gasteiger partial charge in [0.15, 0.2) is 11.2 Å². The second-order valence-corrected chi connectivity index (χ2v) is 6.61. The highest BCUT2D eigenvalue weighted by atomic mass is 19.1. The fourth-order valence-electron chi connectivity index (χ4n) is 2.95. The van der Waals surface area contributed by atoms with Gasteiger partial charge in [-0.2, -0.15) is 0 Å². The van der Waals surface area contributed by atoms with Gasteiger partial charge in [-0.1, -0.05) is 19.4 Å². The molecule has 0 bridgehead atoms. The minimum Gasteiger partial charge on any atom is -0.462 e. The molecule has 31 heavy (non-hydrogen) atoms. The highest BCUT2D eigenvalue weighted by Gasteiger charge is 2.25. The van der Waals surface area contributed by atoms with E-state index in [1.165, 1.54) is 18.6 Å². The summed E-state index contributed by atoms with van der Waals surface area (Å²) < 4.78 is 33.3. The Labute approximate surface area is 176 Å². The molecule has 0 saturated carbocycles. The van der Waals surface area contributed by atoms with Crippen LogP contribution in [0.5, 0.6) is 0 Å². The van der Waals surface area contributed by atoms with Crippen molar-refractivity contribution in [3.05, 3.63) is 63.8 Å². The van der Waals surface area contributed by atoms with Crippen molar-refractivity contribution >= 4 is 22.7 Å². The Balaban J connectivity index is 2.13. The van der Waals surface area contributed by atoms with Gasteiger partial charge < -0.3 is 14.9 Å². The second-order valence-electron chi connectivity index (χ2n) is 6.61. The normalized spacial score (nSPS) is 10.8. The van der Waals surface area contributed by atoms with Crippen molar-refractivity contribution in [1.29, 1.82) is 0 Å². The molecule has 0 aliphatic heterocycles. The lowest BCUT2D eigenvalue weighted by molar-refractivity contribution is 0.0515. The van der Waals surface area contributed by atoms with Gasteiger partial charge >= 0.3 is 11.5 Å². The summed E-state index contributed by atoms with van der Waals surface area (Å²) in [7, 11) is 0. The monoisotopic (exact) mass is 432 g/mol. The molecular formula is C21H22F2N4O4. The first-order valence-electron chi connectivity index (χ1n) is 9.84. The van der Waals surface area contributed by atoms with E-state index in [1.807, 2.05) is 6.92 Å². The smallest absolute Gasteiger partial charge is 0.346 e. The Bertz CT molecular complexity index is 1150. The molecule has 8 nitrogen and oxygen atoms in total. The van der Waals surface area contributed by atoms with E-state index in [-0.39, 0.29) is 42.2 Å². The molecule has 3 rings (SSSR count). The number of nitrogens with one attached hydrogen (secondary N) is 1. The zero-order chi connectivity index (χ0) is 22.4. The van der Waals surface area contributed by atoms with Crippen LogP contribution in [0.25, 0.3) is 11.0 Å². The molecule has 0 atom stereocenters. The predicted molar refractivity (Wildman–Crippen MR) is 110 cm³/mol. The first-order chi connectivity index (χ1) is 15.0. The summed E-state index contributed by atoms with van der Waals surface area (Å²) in [5.74, 6) is -2.34. The number of aromatic nitrogens is 3. The SMILES string of the molecule is CCCCOn1c(=O)c(C(=O)OCC)c(NCc2ccc(F)cc2F)c2cncnc21. The standard InChI is InChI=1S/C21H22F2N4O4/c1-3-5-8-31-27-19-15(11-24-12-26-19)18(17(20(27)28)21(29)30-4-2)25-10-13-6-7-14(22)9-16(13)23/h6-7,9,11-12,25H,3-5,8,10H2,1-2H3. The minimum atomic E-state index is -0.867. The van der Waals surface area contributed by atoms with Crippen molar-refractivity contribution < 1.29 is 23.1 Å². The zero-order valence-electron chi connectivity index (χ0n) is 17.2. The number of ether oxygens (including phenoxy) is 1. The van der Waals surface area contributed by atoms with Crippen molar-refractivity contribution in [2.75, 3.05) is 18.5 Å². The van der Waals surface area contributed by atoms with E-state index < -0.39 is 23.2 Å². The number of fused-ring (bicyclic) bond motifs is 1. The highest BCUT2D eigenvalue weighted by Crippen LogP contribution is 2.25. The van der Waals surface area contributed by atoms with E-state index in [4.69, 9.17) is 9.57 Å². The van der Waals surface area contributed by atoms with E-state index in [9.17, 15) is 18.4 Å². The number of halogens is 2. The van der Waals surface area contributed by atoms with Gasteiger partial charge in [-0.15, -0.1) is 4.73 Å². The van der Waals surface area contributed by atoms with Crippen LogP contribution in [-0.2, 0) is 11.3 Å². The quantitative estimate of drug-likeness (QED) is 0.410. The average Bonchev–Trinajstić information content (AvgIpc) is 2.75. The Morgan fingerprint density at radius 3 is 2.77 bits per heavy atom. The summed E-state index contributed by atoms with van der Waals surface area (Å²) in [4.78, 5) is 39.5. The lowest BCUT2D eigenvalue weighted by atomic mass is 10.1. The lowest BCUT2D eigenvalue weighted by Gasteiger charge is -2.17. The van der Waals surface area contributed by atoms with Crippen molar-refractivity contribution in [2.24, 2.45) is 0 Å². The van der Waals surface area contributed by atoms with Crippen molar-refractivity contribution in [3.8, 4) is 0 Å². The number of nitrogens with zero attached hydrogens (tertiary/aromatic N) is 3. The van der Waals surface area contributed by atoms with Gasteiger partial charge in [-0.05, 0) is 19.4 Å². The van der Waals surface area contributed by atoms with Crippen LogP contribution in [0.4, 0.5) is 14.5 Å². The number of anilines is 1. The molecule has 3 aromatic rings. The van der Waals surface area contributed by atoms with E-state index >= 15 is 0 Å². The zero-order valence-corrected chi connectivity index (χ0v) is 17.2. The molecule has 0 unspecified atom stereocenters. The lowest BCUT2D eigenvalue weighted by Crippen LogP contribution is -2.34. The molecule has 0 spiro atoms. The topological polar surface area (TPSA) is 95.3 Å². The number of unbranched alkanes of at least 4 members (excludes halogenated alkanes) is 1. The molecule has 2 heterocycles. The summed E-state index contributed by atoms with van der Waals surface area (Å²) in [5.41, 5.74) is -0.708. The summed E-state index contributed by atoms with van der Waals surface area (Å²) in [6.45, 7) is 3.75. The maximum absolute atomic E-state index is 14.1. The van der Waals surface area contributed by atoms with Crippen LogP contribution >= 0.6 is 0 Å². The number of rotatable bonds is 9. The number of carbonyl (C=O) groups excluding carboxylic acids is 1. The van der Waals surface area contributed by atoms with Crippen LogP contribution in [0.2, 0.25) is 0 Å². The predicted octanol–water partition coefficient (Wildman–Crippen LogP) is 3.09. The van der Waals surface area contributed by atoms with Crippen LogP contribution in [0, 0.1) is 11.6 Å². The van der Waals surface area contributed by atoms with Crippen LogP contribution in [0.15, 0.2) is 35.5 Å². The summed E-state index contributed by atoms with van der Waals surface area (Å²) in [6.07, 6.45) is 4.19. The third-order valence-corrected chi connectivity index (χ3v) is 4.47. The first kappa shape index (κ1) is 22.1. The van der Waals surface area contributed by atoms with Crippen LogP contribution in [-0.4, -0.2) is 33.9 Å². The molecule has 1 N–H and O–H groups in total. The molecule has 0 saturated heterocycles. The van der Waals surface area contributed by atoms with Gasteiger partial charge in [-0.25, -0.2) is 23.5 Å². The number of hydrogen-bond donors (Lipinski definition) is 1. The Hall–Kier alpha value is -3.56. The largest absolute Gasteiger partial charge is 0.462 e. The van der Waals surface area contributed by atoms with Gasteiger partial charge in [0.1, 0.15) is 24.6 Å². The molecule has 0 fully saturated rings. The summed E-state index contributed by atoms with van der Waals surface area (Å²) >= 11 is 0. The fraction of sp³-hybridized carbons (Fsp3) is 0.333. The number of pyridine rings is 1. The molecule has 0 aliphatic rings. The van der Waals surface area contributed by atoms with Gasteiger partial charge in [0.25, 0.3) is 0 Å². The molecular weight excluding hydrogens is 410 g/mol.